The second-order valence-corrected chi connectivity index (χ2v) is 4.63. The third-order valence-corrected chi connectivity index (χ3v) is 3.93. The lowest BCUT2D eigenvalue weighted by Gasteiger charge is -2.05. The Labute approximate surface area is 80.1 Å². The molecule has 0 aliphatic heterocycles. The zero-order chi connectivity index (χ0) is 8.29. The van der Waals surface area contributed by atoms with Gasteiger partial charge >= 0.3 is 0 Å². The predicted octanol–water partition coefficient (Wildman–Crippen LogP) is 2.05. The second kappa shape index (κ2) is 2.12. The van der Waals surface area contributed by atoms with Gasteiger partial charge in [-0.05, 0) is 29.5 Å². The first-order chi connectivity index (χ1) is 5.79. The molecule has 1 nitrogen and oxygen atoms in total. The molecule has 0 unspecified atom stereocenters. The number of halogens is 1. The van der Waals surface area contributed by atoms with Gasteiger partial charge in [0.05, 0.1) is 0 Å². The Kier molecular flexibility index (Phi) is 1.25. The molecule has 3 rings (SSSR count). The lowest BCUT2D eigenvalue weighted by molar-refractivity contribution is 0.799. The lowest BCUT2D eigenvalue weighted by atomic mass is 10.1. The number of nitrogens with two attached hydrogens (primary N) is 1. The highest BCUT2D eigenvalue weighted by molar-refractivity contribution is 9.10. The van der Waals surface area contributed by atoms with Crippen molar-refractivity contribution in [2.75, 3.05) is 0 Å². The van der Waals surface area contributed by atoms with Crippen molar-refractivity contribution in [2.24, 2.45) is 11.7 Å². The largest absolute Gasteiger partial charge is 0.327 e. The third-order valence-electron chi connectivity index (χ3n) is 3.18. The first kappa shape index (κ1) is 7.10. The fraction of sp³-hybridized carbons (Fsp3) is 0.400. The molecule has 0 radical (unpaired) electrons. The van der Waals surface area contributed by atoms with Gasteiger partial charge in [0.15, 0.2) is 0 Å². The molecule has 0 aromatic heterocycles. The topological polar surface area (TPSA) is 26.0 Å². The van der Waals surface area contributed by atoms with Crippen molar-refractivity contribution in [1.29, 1.82) is 0 Å². The maximum absolute atomic E-state index is 5.92. The molecule has 1 aromatic rings. The van der Waals surface area contributed by atoms with E-state index in [1.807, 2.05) is 0 Å². The van der Waals surface area contributed by atoms with Crippen LogP contribution in [0, 0.1) is 5.92 Å². The molecule has 0 spiro atoms. The van der Waals surface area contributed by atoms with Crippen molar-refractivity contribution in [2.45, 2.75) is 18.4 Å². The Bertz CT molecular complexity index is 348. The van der Waals surface area contributed by atoms with Crippen molar-refractivity contribution in [1.82, 2.24) is 0 Å². The molecule has 62 valence electrons. The average Bonchev–Trinajstić information content (AvgIpc) is 2.57. The molecule has 2 heteroatoms. The van der Waals surface area contributed by atoms with Gasteiger partial charge in [0.2, 0.25) is 0 Å². The second-order valence-electron chi connectivity index (χ2n) is 3.78. The van der Waals surface area contributed by atoms with E-state index >= 15 is 0 Å². The molecule has 2 aliphatic carbocycles. The summed E-state index contributed by atoms with van der Waals surface area (Å²) in [5, 5.41) is 0. The fourth-order valence-corrected chi connectivity index (χ4v) is 2.98. The normalized spacial score (nSPS) is 36.0. The monoisotopic (exact) mass is 223 g/mol. The first-order valence-corrected chi connectivity index (χ1v) is 5.11. The predicted molar refractivity (Wildman–Crippen MR) is 52.1 cm³/mol. The van der Waals surface area contributed by atoms with Crippen LogP contribution in [0.1, 0.15) is 17.0 Å². The standard InChI is InChI=1S/C10H10BrN/c11-8-3-1-2-5-6(8)4-7-9(5)10(7)12/h1-3,7,9-10H,4,12H2/t7-,9+,10+/m0/s1. The van der Waals surface area contributed by atoms with Gasteiger partial charge in [0.25, 0.3) is 0 Å². The van der Waals surface area contributed by atoms with E-state index in [1.54, 1.807) is 0 Å². The molecule has 0 amide bonds. The highest BCUT2D eigenvalue weighted by Gasteiger charge is 2.53. The zero-order valence-electron chi connectivity index (χ0n) is 6.63. The maximum Gasteiger partial charge on any atom is 0.0210 e. The molecule has 1 aromatic carbocycles. The quantitative estimate of drug-likeness (QED) is 0.717. The highest BCUT2D eigenvalue weighted by Crippen LogP contribution is 2.56. The summed E-state index contributed by atoms with van der Waals surface area (Å²) in [6.45, 7) is 0. The molecule has 1 fully saturated rings. The minimum atomic E-state index is 0.451. The van der Waals surface area contributed by atoms with Gasteiger partial charge in [-0.3, -0.25) is 0 Å². The van der Waals surface area contributed by atoms with Crippen molar-refractivity contribution < 1.29 is 0 Å². The van der Waals surface area contributed by atoms with Gasteiger partial charge in [0.1, 0.15) is 0 Å². The average molecular weight is 224 g/mol. The number of fused-ring (bicyclic) bond motifs is 3. The van der Waals surface area contributed by atoms with E-state index in [1.165, 1.54) is 22.0 Å². The maximum atomic E-state index is 5.92. The highest BCUT2D eigenvalue weighted by atomic mass is 79.9. The molecule has 2 N–H and O–H groups in total. The summed E-state index contributed by atoms with van der Waals surface area (Å²) in [5.41, 5.74) is 8.90. The molecule has 12 heavy (non-hydrogen) atoms. The third kappa shape index (κ3) is 0.723. The molecule has 1 saturated carbocycles. The van der Waals surface area contributed by atoms with Crippen molar-refractivity contribution >= 4 is 15.9 Å². The van der Waals surface area contributed by atoms with E-state index in [4.69, 9.17) is 5.73 Å². The van der Waals surface area contributed by atoms with E-state index in [9.17, 15) is 0 Å². The minimum Gasteiger partial charge on any atom is -0.327 e. The van der Waals surface area contributed by atoms with E-state index < -0.39 is 0 Å². The Balaban J connectivity index is 2.16. The summed E-state index contributed by atoms with van der Waals surface area (Å²) in [6.07, 6.45) is 1.18. The van der Waals surface area contributed by atoms with E-state index in [0.29, 0.717) is 12.0 Å². The van der Waals surface area contributed by atoms with Crippen molar-refractivity contribution in [3.05, 3.63) is 33.8 Å². The van der Waals surface area contributed by atoms with Crippen LogP contribution in [0.2, 0.25) is 0 Å². The van der Waals surface area contributed by atoms with Gasteiger partial charge < -0.3 is 5.73 Å². The van der Waals surface area contributed by atoms with E-state index in [2.05, 4.69) is 34.1 Å². The van der Waals surface area contributed by atoms with Gasteiger partial charge in [-0.1, -0.05) is 28.1 Å². The molecule has 0 saturated heterocycles. The van der Waals surface area contributed by atoms with Crippen LogP contribution in [0.15, 0.2) is 22.7 Å². The molecular weight excluding hydrogens is 214 g/mol. The van der Waals surface area contributed by atoms with Crippen molar-refractivity contribution in [3.63, 3.8) is 0 Å². The smallest absolute Gasteiger partial charge is 0.0210 e. The van der Waals surface area contributed by atoms with Gasteiger partial charge in [0, 0.05) is 16.4 Å². The summed E-state index contributed by atoms with van der Waals surface area (Å²) in [7, 11) is 0. The van der Waals surface area contributed by atoms with E-state index in [0.717, 1.165) is 5.92 Å². The van der Waals surface area contributed by atoms with Crippen LogP contribution < -0.4 is 5.73 Å². The summed E-state index contributed by atoms with van der Waals surface area (Å²) in [4.78, 5) is 0. The van der Waals surface area contributed by atoms with Crippen LogP contribution >= 0.6 is 15.9 Å². The SMILES string of the molecule is N[C@@H]1[C@H]2Cc3c(Br)cccc3[C@@H]12. The van der Waals surface area contributed by atoms with Crippen LogP contribution in [0.4, 0.5) is 0 Å². The molecule has 3 atom stereocenters. The van der Waals surface area contributed by atoms with E-state index in [-0.39, 0.29) is 0 Å². The van der Waals surface area contributed by atoms with Crippen LogP contribution in [-0.4, -0.2) is 6.04 Å². The van der Waals surface area contributed by atoms with Crippen molar-refractivity contribution in [3.8, 4) is 0 Å². The van der Waals surface area contributed by atoms with Gasteiger partial charge in [-0.2, -0.15) is 0 Å². The van der Waals surface area contributed by atoms with Crippen LogP contribution in [0.3, 0.4) is 0 Å². The minimum absolute atomic E-state index is 0.451. The number of hydrogen-bond acceptors (Lipinski definition) is 1. The van der Waals surface area contributed by atoms with Crippen LogP contribution in [0.25, 0.3) is 0 Å². The lowest BCUT2D eigenvalue weighted by Crippen LogP contribution is -2.08. The summed E-state index contributed by atoms with van der Waals surface area (Å²) in [6, 6.07) is 6.90. The Morgan fingerprint density at radius 2 is 2.25 bits per heavy atom. The van der Waals surface area contributed by atoms with Crippen LogP contribution in [-0.2, 0) is 6.42 Å². The Morgan fingerprint density at radius 3 is 3.08 bits per heavy atom. The molecular formula is C10H10BrN. The number of rotatable bonds is 0. The summed E-state index contributed by atoms with van der Waals surface area (Å²) in [5.74, 6) is 1.43. The van der Waals surface area contributed by atoms with Gasteiger partial charge in [-0.15, -0.1) is 0 Å². The Morgan fingerprint density at radius 1 is 1.42 bits per heavy atom. The molecule has 2 aliphatic rings. The molecule has 0 heterocycles. The first-order valence-electron chi connectivity index (χ1n) is 4.32. The number of benzene rings is 1. The molecule has 0 bridgehead atoms. The number of hydrogen-bond donors (Lipinski definition) is 1. The summed E-state index contributed by atoms with van der Waals surface area (Å²) < 4.78 is 1.26. The summed E-state index contributed by atoms with van der Waals surface area (Å²) >= 11 is 3.57. The fourth-order valence-electron chi connectivity index (χ4n) is 2.44. The van der Waals surface area contributed by atoms with Gasteiger partial charge in [-0.25, -0.2) is 0 Å². The zero-order valence-corrected chi connectivity index (χ0v) is 8.21. The van der Waals surface area contributed by atoms with Crippen LogP contribution in [0.5, 0.6) is 0 Å². The Hall–Kier alpha value is -0.340.